The molecule has 146 valence electrons. The Morgan fingerprint density at radius 3 is 1.29 bits per heavy atom. The van der Waals surface area contributed by atoms with Crippen LogP contribution in [-0.2, 0) is 28.6 Å². The lowest BCUT2D eigenvalue weighted by Crippen LogP contribution is -2.06. The van der Waals surface area contributed by atoms with Crippen molar-refractivity contribution in [3.8, 4) is 23.7 Å². The van der Waals surface area contributed by atoms with Gasteiger partial charge in [0.1, 0.15) is 13.2 Å². The second kappa shape index (κ2) is 9.94. The van der Waals surface area contributed by atoms with Crippen LogP contribution < -0.4 is 0 Å². The van der Waals surface area contributed by atoms with E-state index in [1.54, 1.807) is 0 Å². The molecular formula is C18H12Cl2O6S2. The van der Waals surface area contributed by atoms with Crippen LogP contribution in [0.25, 0.3) is 0 Å². The Labute approximate surface area is 173 Å². The predicted molar refractivity (Wildman–Crippen MR) is 105 cm³/mol. The van der Waals surface area contributed by atoms with Crippen molar-refractivity contribution in [1.29, 1.82) is 0 Å². The van der Waals surface area contributed by atoms with E-state index >= 15 is 0 Å². The molecule has 0 aliphatic heterocycles. The van der Waals surface area contributed by atoms with E-state index in [4.69, 9.17) is 31.6 Å². The smallest absolute Gasteiger partial charge is 0.253 e. The first-order valence-corrected chi connectivity index (χ1v) is 11.0. The second-order valence-corrected chi connectivity index (χ2v) is 9.05. The third-order valence-electron chi connectivity index (χ3n) is 3.02. The maximum absolute atomic E-state index is 11.9. The lowest BCUT2D eigenvalue weighted by molar-refractivity contribution is 0.362. The van der Waals surface area contributed by atoms with Gasteiger partial charge in [-0.05, 0) is 60.4 Å². The number of hydrogen-bond donors (Lipinski definition) is 0. The van der Waals surface area contributed by atoms with Gasteiger partial charge in [-0.3, -0.25) is 8.37 Å². The third-order valence-corrected chi connectivity index (χ3v) is 6.08. The molecule has 0 aromatic heterocycles. The molecule has 0 atom stereocenters. The fourth-order valence-electron chi connectivity index (χ4n) is 1.71. The van der Waals surface area contributed by atoms with E-state index in [9.17, 15) is 16.8 Å². The van der Waals surface area contributed by atoms with Gasteiger partial charge >= 0.3 is 0 Å². The Balaban J connectivity index is 1.83. The molecule has 2 aromatic carbocycles. The van der Waals surface area contributed by atoms with Gasteiger partial charge in [0.05, 0.1) is 9.79 Å². The van der Waals surface area contributed by atoms with Crippen LogP contribution in [0.15, 0.2) is 58.3 Å². The fourth-order valence-corrected chi connectivity index (χ4v) is 3.60. The van der Waals surface area contributed by atoms with E-state index in [-0.39, 0.29) is 9.79 Å². The molecule has 0 heterocycles. The monoisotopic (exact) mass is 458 g/mol. The van der Waals surface area contributed by atoms with Gasteiger partial charge in [0, 0.05) is 10.0 Å². The Morgan fingerprint density at radius 1 is 0.643 bits per heavy atom. The summed E-state index contributed by atoms with van der Waals surface area (Å²) in [6.07, 6.45) is 0. The topological polar surface area (TPSA) is 86.7 Å². The van der Waals surface area contributed by atoms with Crippen molar-refractivity contribution in [3.05, 3.63) is 58.6 Å². The quantitative estimate of drug-likeness (QED) is 0.488. The van der Waals surface area contributed by atoms with Gasteiger partial charge in [-0.1, -0.05) is 35.0 Å². The molecule has 0 unspecified atom stereocenters. The minimum absolute atomic E-state index is 0.0504. The maximum Gasteiger partial charge on any atom is 0.297 e. The Kier molecular flexibility index (Phi) is 7.90. The summed E-state index contributed by atoms with van der Waals surface area (Å²) >= 11 is 11.4. The predicted octanol–water partition coefficient (Wildman–Crippen LogP) is 3.11. The number of halogens is 2. The Morgan fingerprint density at radius 2 is 0.964 bits per heavy atom. The lowest BCUT2D eigenvalue weighted by atomic mass is 10.4. The molecule has 0 spiro atoms. The molecule has 2 aromatic rings. The summed E-state index contributed by atoms with van der Waals surface area (Å²) in [6.45, 7) is -0.826. The van der Waals surface area contributed by atoms with Crippen molar-refractivity contribution in [2.24, 2.45) is 0 Å². The molecular weight excluding hydrogens is 447 g/mol. The summed E-state index contributed by atoms with van der Waals surface area (Å²) in [6, 6.07) is 10.9. The zero-order chi connectivity index (χ0) is 20.6. The zero-order valence-corrected chi connectivity index (χ0v) is 17.2. The normalized spacial score (nSPS) is 11.1. The summed E-state index contributed by atoms with van der Waals surface area (Å²) in [7, 11) is -7.90. The first kappa shape index (κ1) is 22.3. The summed E-state index contributed by atoms with van der Waals surface area (Å²) < 4.78 is 57.0. The van der Waals surface area contributed by atoms with Crippen molar-refractivity contribution in [2.75, 3.05) is 13.2 Å². The second-order valence-electron chi connectivity index (χ2n) is 4.94. The standard InChI is InChI=1S/C18H12Cl2O6S2/c19-15-5-9-17(10-6-15)27(21,22)25-13-3-1-2-4-14-26-28(23,24)18-11-7-16(20)8-12-18/h5-12H,13-14H2. The summed E-state index contributed by atoms with van der Waals surface area (Å²) in [5.74, 6) is 9.45. The molecule has 10 heteroatoms. The van der Waals surface area contributed by atoms with Crippen molar-refractivity contribution < 1.29 is 25.2 Å². The van der Waals surface area contributed by atoms with Gasteiger partial charge < -0.3 is 0 Å². The van der Waals surface area contributed by atoms with Crippen molar-refractivity contribution in [2.45, 2.75) is 9.79 Å². The molecule has 0 aliphatic carbocycles. The van der Waals surface area contributed by atoms with Gasteiger partial charge in [0.25, 0.3) is 20.2 Å². The van der Waals surface area contributed by atoms with Gasteiger partial charge in [-0.15, -0.1) is 0 Å². The van der Waals surface area contributed by atoms with Gasteiger partial charge in [0.2, 0.25) is 0 Å². The van der Waals surface area contributed by atoms with Crippen LogP contribution >= 0.6 is 23.2 Å². The highest BCUT2D eigenvalue weighted by Gasteiger charge is 2.14. The van der Waals surface area contributed by atoms with Gasteiger partial charge in [-0.2, -0.15) is 16.8 Å². The van der Waals surface area contributed by atoms with E-state index in [2.05, 4.69) is 23.7 Å². The van der Waals surface area contributed by atoms with Crippen LogP contribution in [0.1, 0.15) is 0 Å². The van der Waals surface area contributed by atoms with E-state index in [1.165, 1.54) is 48.5 Å². The molecule has 0 fully saturated rings. The van der Waals surface area contributed by atoms with Crippen LogP contribution in [0.4, 0.5) is 0 Å². The third kappa shape index (κ3) is 6.84. The molecule has 28 heavy (non-hydrogen) atoms. The highest BCUT2D eigenvalue weighted by molar-refractivity contribution is 7.87. The number of benzene rings is 2. The summed E-state index contributed by atoms with van der Waals surface area (Å²) in [5, 5.41) is 0.795. The van der Waals surface area contributed by atoms with E-state index in [1.807, 2.05) is 0 Å². The van der Waals surface area contributed by atoms with Crippen LogP contribution in [0, 0.1) is 23.7 Å². The largest absolute Gasteiger partial charge is 0.297 e. The van der Waals surface area contributed by atoms with E-state index in [0.29, 0.717) is 10.0 Å². The Hall–Kier alpha value is -2.04. The first-order valence-electron chi connectivity index (χ1n) is 7.46. The van der Waals surface area contributed by atoms with Crippen LogP contribution in [-0.4, -0.2) is 30.0 Å². The molecule has 0 saturated carbocycles. The van der Waals surface area contributed by atoms with Crippen LogP contribution in [0.5, 0.6) is 0 Å². The average molecular weight is 459 g/mol. The molecule has 0 aliphatic rings. The highest BCUT2D eigenvalue weighted by atomic mass is 35.5. The van der Waals surface area contributed by atoms with Crippen molar-refractivity contribution >= 4 is 43.4 Å². The maximum atomic E-state index is 11.9. The summed E-state index contributed by atoms with van der Waals surface area (Å²) in [5.41, 5.74) is 0. The van der Waals surface area contributed by atoms with Crippen LogP contribution in [0.2, 0.25) is 10.0 Å². The zero-order valence-electron chi connectivity index (χ0n) is 14.1. The van der Waals surface area contributed by atoms with Crippen LogP contribution in [0.3, 0.4) is 0 Å². The first-order chi connectivity index (χ1) is 13.2. The minimum atomic E-state index is -3.95. The van der Waals surface area contributed by atoms with E-state index in [0.717, 1.165) is 0 Å². The average Bonchev–Trinajstić information content (AvgIpc) is 2.64. The fraction of sp³-hybridized carbons (Fsp3) is 0.111. The minimum Gasteiger partial charge on any atom is -0.253 e. The molecule has 0 bridgehead atoms. The summed E-state index contributed by atoms with van der Waals surface area (Å²) in [4.78, 5) is -0.101. The highest BCUT2D eigenvalue weighted by Crippen LogP contribution is 2.16. The van der Waals surface area contributed by atoms with Crippen molar-refractivity contribution in [1.82, 2.24) is 0 Å². The lowest BCUT2D eigenvalue weighted by Gasteiger charge is -2.02. The molecule has 0 saturated heterocycles. The van der Waals surface area contributed by atoms with Crippen molar-refractivity contribution in [3.63, 3.8) is 0 Å². The molecule has 0 amide bonds. The molecule has 6 nitrogen and oxygen atoms in total. The SMILES string of the molecule is O=S(=O)(OCC#CC#CCOS(=O)(=O)c1ccc(Cl)cc1)c1ccc(Cl)cc1. The molecule has 0 N–H and O–H groups in total. The molecule has 2 rings (SSSR count). The van der Waals surface area contributed by atoms with Gasteiger partial charge in [0.15, 0.2) is 0 Å². The Bertz CT molecular complexity index is 1050. The number of rotatable bonds is 6. The van der Waals surface area contributed by atoms with E-state index < -0.39 is 33.5 Å². The number of hydrogen-bond acceptors (Lipinski definition) is 6. The molecule has 0 radical (unpaired) electrons. The van der Waals surface area contributed by atoms with Gasteiger partial charge in [-0.25, -0.2) is 0 Å².